The Morgan fingerprint density at radius 3 is 2.92 bits per heavy atom. The Balaban J connectivity index is 0.00000182. The van der Waals surface area contributed by atoms with E-state index in [9.17, 15) is 0 Å². The number of halogens is 1. The van der Waals surface area contributed by atoms with Crippen LogP contribution in [0.1, 0.15) is 16.6 Å². The van der Waals surface area contributed by atoms with Gasteiger partial charge in [-0.2, -0.15) is 4.98 Å². The van der Waals surface area contributed by atoms with Crippen molar-refractivity contribution in [3.8, 4) is 11.4 Å². The van der Waals surface area contributed by atoms with E-state index >= 15 is 0 Å². The van der Waals surface area contributed by atoms with Gasteiger partial charge in [-0.3, -0.25) is 0 Å². The minimum absolute atomic E-state index is 0. The Morgan fingerprint density at radius 1 is 1.20 bits per heavy atom. The number of nitrogens with zero attached hydrogens (tertiary/aromatic N) is 5. The second-order valence-corrected chi connectivity index (χ2v) is 6.24. The van der Waals surface area contributed by atoms with Gasteiger partial charge in [0.25, 0.3) is 0 Å². The standard InChI is InChI=1S/C16H14N6OS.ClH/c17-13-8-11(3-4-18-13)16-19-5-6-22(16)10-15-20-14(21-23-15)9-12-2-1-7-24-12;/h1-8H,9-10H2,(H2,17,18);1H. The van der Waals surface area contributed by atoms with Crippen LogP contribution in [0.15, 0.2) is 52.8 Å². The first kappa shape index (κ1) is 17.1. The molecule has 0 spiro atoms. The minimum atomic E-state index is 0. The van der Waals surface area contributed by atoms with Gasteiger partial charge in [-0.1, -0.05) is 11.2 Å². The van der Waals surface area contributed by atoms with E-state index in [0.717, 1.165) is 11.4 Å². The van der Waals surface area contributed by atoms with Gasteiger partial charge in [0.2, 0.25) is 5.89 Å². The van der Waals surface area contributed by atoms with Crippen LogP contribution in [0.3, 0.4) is 0 Å². The zero-order valence-electron chi connectivity index (χ0n) is 13.1. The van der Waals surface area contributed by atoms with Crippen molar-refractivity contribution in [1.82, 2.24) is 24.7 Å². The lowest BCUT2D eigenvalue weighted by atomic mass is 10.2. The van der Waals surface area contributed by atoms with E-state index in [4.69, 9.17) is 10.3 Å². The van der Waals surface area contributed by atoms with Gasteiger partial charge in [-0.05, 0) is 23.6 Å². The molecule has 0 aromatic carbocycles. The predicted octanol–water partition coefficient (Wildman–Crippen LogP) is 3.03. The molecular weight excluding hydrogens is 360 g/mol. The fourth-order valence-corrected chi connectivity index (χ4v) is 3.13. The summed E-state index contributed by atoms with van der Waals surface area (Å²) in [7, 11) is 0. The van der Waals surface area contributed by atoms with Gasteiger partial charge in [0.15, 0.2) is 5.82 Å². The molecule has 0 aliphatic heterocycles. The lowest BCUT2D eigenvalue weighted by Crippen LogP contribution is -2.02. The average molecular weight is 375 g/mol. The average Bonchev–Trinajstić information content (AvgIpc) is 3.31. The van der Waals surface area contributed by atoms with Gasteiger partial charge < -0.3 is 14.8 Å². The van der Waals surface area contributed by atoms with Crippen LogP contribution in [-0.2, 0) is 13.0 Å². The highest BCUT2D eigenvalue weighted by Crippen LogP contribution is 2.19. The summed E-state index contributed by atoms with van der Waals surface area (Å²) in [5.74, 6) is 2.46. The number of hydrogen-bond donors (Lipinski definition) is 1. The first-order valence-corrected chi connectivity index (χ1v) is 8.23. The molecule has 0 aliphatic carbocycles. The molecule has 4 heterocycles. The number of imidazole rings is 1. The van der Waals surface area contributed by atoms with Crippen LogP contribution in [-0.4, -0.2) is 24.7 Å². The fraction of sp³-hybridized carbons (Fsp3) is 0.125. The van der Waals surface area contributed by atoms with Crippen LogP contribution in [0.2, 0.25) is 0 Å². The quantitative estimate of drug-likeness (QED) is 0.576. The number of aromatic nitrogens is 5. The van der Waals surface area contributed by atoms with Crippen LogP contribution in [0.5, 0.6) is 0 Å². The van der Waals surface area contributed by atoms with Crippen molar-refractivity contribution >= 4 is 29.6 Å². The van der Waals surface area contributed by atoms with Crippen molar-refractivity contribution in [2.75, 3.05) is 5.73 Å². The fourth-order valence-electron chi connectivity index (χ4n) is 2.43. The monoisotopic (exact) mass is 374 g/mol. The normalized spacial score (nSPS) is 10.6. The lowest BCUT2D eigenvalue weighted by Gasteiger charge is -2.05. The number of nitrogens with two attached hydrogens (primary N) is 1. The van der Waals surface area contributed by atoms with Gasteiger partial charge in [-0.25, -0.2) is 9.97 Å². The number of nitrogen functional groups attached to an aromatic ring is 1. The zero-order valence-corrected chi connectivity index (χ0v) is 14.7. The number of hydrogen-bond acceptors (Lipinski definition) is 7. The molecule has 0 unspecified atom stereocenters. The van der Waals surface area contributed by atoms with Gasteiger partial charge in [0, 0.05) is 35.5 Å². The first-order valence-electron chi connectivity index (χ1n) is 7.35. The van der Waals surface area contributed by atoms with Crippen LogP contribution < -0.4 is 5.73 Å². The molecule has 4 aromatic rings. The van der Waals surface area contributed by atoms with Gasteiger partial charge >= 0.3 is 0 Å². The number of rotatable bonds is 5. The van der Waals surface area contributed by atoms with Crippen molar-refractivity contribution in [2.24, 2.45) is 0 Å². The molecule has 128 valence electrons. The summed E-state index contributed by atoms with van der Waals surface area (Å²) in [5.41, 5.74) is 6.64. The summed E-state index contributed by atoms with van der Waals surface area (Å²) in [4.78, 5) is 14.0. The Hall–Kier alpha value is -2.71. The van der Waals surface area contributed by atoms with Crippen molar-refractivity contribution in [3.63, 3.8) is 0 Å². The molecule has 0 fully saturated rings. The molecule has 7 nitrogen and oxygen atoms in total. The molecule has 4 rings (SSSR count). The Morgan fingerprint density at radius 2 is 2.12 bits per heavy atom. The van der Waals surface area contributed by atoms with Gasteiger partial charge in [0.05, 0.1) is 0 Å². The molecule has 2 N–H and O–H groups in total. The second kappa shape index (κ2) is 7.45. The highest BCUT2D eigenvalue weighted by atomic mass is 35.5. The van der Waals surface area contributed by atoms with Crippen molar-refractivity contribution in [2.45, 2.75) is 13.0 Å². The molecule has 0 saturated heterocycles. The maximum absolute atomic E-state index is 5.75. The highest BCUT2D eigenvalue weighted by Gasteiger charge is 2.12. The molecular formula is C16H15ClN6OS. The molecule has 0 bridgehead atoms. The van der Waals surface area contributed by atoms with E-state index in [2.05, 4.69) is 26.2 Å². The zero-order chi connectivity index (χ0) is 16.4. The van der Waals surface area contributed by atoms with Crippen LogP contribution in [0.25, 0.3) is 11.4 Å². The van der Waals surface area contributed by atoms with Crippen LogP contribution >= 0.6 is 23.7 Å². The van der Waals surface area contributed by atoms with Gasteiger partial charge in [-0.15, -0.1) is 23.7 Å². The molecule has 9 heteroatoms. The highest BCUT2D eigenvalue weighted by molar-refractivity contribution is 7.09. The molecule has 0 atom stereocenters. The lowest BCUT2D eigenvalue weighted by molar-refractivity contribution is 0.367. The summed E-state index contributed by atoms with van der Waals surface area (Å²) in [5, 5.41) is 6.08. The Bertz CT molecular complexity index is 949. The molecule has 0 aliphatic rings. The maximum Gasteiger partial charge on any atom is 0.246 e. The van der Waals surface area contributed by atoms with E-state index in [1.165, 1.54) is 4.88 Å². The van der Waals surface area contributed by atoms with Crippen molar-refractivity contribution in [1.29, 1.82) is 0 Å². The molecule has 4 aromatic heterocycles. The topological polar surface area (TPSA) is 95.7 Å². The third kappa shape index (κ3) is 3.86. The van der Waals surface area contributed by atoms with Crippen molar-refractivity contribution in [3.05, 3.63) is 64.8 Å². The Labute approximate surface area is 154 Å². The number of pyridine rings is 1. The van der Waals surface area contributed by atoms with Crippen molar-refractivity contribution < 1.29 is 4.52 Å². The number of thiophene rings is 1. The smallest absolute Gasteiger partial charge is 0.246 e. The van der Waals surface area contributed by atoms with E-state index in [1.807, 2.05) is 28.3 Å². The largest absolute Gasteiger partial charge is 0.384 e. The molecule has 25 heavy (non-hydrogen) atoms. The summed E-state index contributed by atoms with van der Waals surface area (Å²) in [6.07, 6.45) is 5.94. The maximum atomic E-state index is 5.75. The SMILES string of the molecule is Cl.Nc1cc(-c2nccn2Cc2nc(Cc3cccs3)no2)ccn1. The van der Waals surface area contributed by atoms with E-state index in [0.29, 0.717) is 30.5 Å². The van der Waals surface area contributed by atoms with Crippen LogP contribution in [0.4, 0.5) is 5.82 Å². The molecule has 0 saturated carbocycles. The van der Waals surface area contributed by atoms with Crippen LogP contribution in [0, 0.1) is 0 Å². The molecule has 0 amide bonds. The third-order valence-electron chi connectivity index (χ3n) is 3.48. The third-order valence-corrected chi connectivity index (χ3v) is 4.36. The Kier molecular flexibility index (Phi) is 5.11. The number of anilines is 1. The second-order valence-electron chi connectivity index (χ2n) is 5.21. The minimum Gasteiger partial charge on any atom is -0.384 e. The van der Waals surface area contributed by atoms with E-state index in [1.54, 1.807) is 29.8 Å². The first-order chi connectivity index (χ1) is 11.8. The summed E-state index contributed by atoms with van der Waals surface area (Å²) in [6, 6.07) is 7.72. The van der Waals surface area contributed by atoms with E-state index in [-0.39, 0.29) is 12.4 Å². The van der Waals surface area contributed by atoms with E-state index < -0.39 is 0 Å². The summed E-state index contributed by atoms with van der Waals surface area (Å²) < 4.78 is 7.30. The van der Waals surface area contributed by atoms with Gasteiger partial charge in [0.1, 0.15) is 18.2 Å². The molecule has 0 radical (unpaired) electrons. The summed E-state index contributed by atoms with van der Waals surface area (Å²) >= 11 is 1.68. The summed E-state index contributed by atoms with van der Waals surface area (Å²) in [6.45, 7) is 0.453. The predicted molar refractivity (Wildman–Crippen MR) is 97.6 cm³/mol.